The van der Waals surface area contributed by atoms with Crippen molar-refractivity contribution in [2.45, 2.75) is 96.9 Å². The molecule has 2 amide bonds. The number of hydrogen-bond acceptors (Lipinski definition) is 7. The summed E-state index contributed by atoms with van der Waals surface area (Å²) in [7, 11) is 0. The van der Waals surface area contributed by atoms with Gasteiger partial charge in [0.05, 0.1) is 6.42 Å². The molecule has 35 heavy (non-hydrogen) atoms. The molecule has 0 bridgehead atoms. The molecule has 10 heteroatoms. The molecule has 1 rings (SSSR count). The largest absolute Gasteiger partial charge is 0.480 e. The van der Waals surface area contributed by atoms with Crippen molar-refractivity contribution in [3.8, 4) is 0 Å². The van der Waals surface area contributed by atoms with Gasteiger partial charge in [0, 0.05) is 18.8 Å². The molecule has 1 heterocycles. The first-order chi connectivity index (χ1) is 16.6. The van der Waals surface area contributed by atoms with E-state index in [1.807, 2.05) is 20.8 Å². The van der Waals surface area contributed by atoms with E-state index in [1.165, 1.54) is 6.92 Å². The van der Waals surface area contributed by atoms with Crippen molar-refractivity contribution in [1.29, 1.82) is 0 Å². The third kappa shape index (κ3) is 11.3. The maximum Gasteiger partial charge on any atom is 0.325 e. The summed E-state index contributed by atoms with van der Waals surface area (Å²) in [4.78, 5) is 53.3. The molecule has 0 aliphatic heterocycles. The zero-order chi connectivity index (χ0) is 26.4. The molecule has 196 valence electrons. The van der Waals surface area contributed by atoms with E-state index in [1.54, 1.807) is 24.5 Å². The van der Waals surface area contributed by atoms with Crippen LogP contribution in [-0.4, -0.2) is 58.1 Å². The number of ether oxygens (including phenoxy) is 1. The van der Waals surface area contributed by atoms with Crippen molar-refractivity contribution < 1.29 is 29.0 Å². The lowest BCUT2D eigenvalue weighted by atomic mass is 10.00. The number of carbonyl (C=O) groups excluding carboxylic acids is 3. The summed E-state index contributed by atoms with van der Waals surface area (Å²) >= 11 is 0. The number of esters is 1. The number of amides is 2. The maximum absolute atomic E-state index is 12.9. The highest BCUT2D eigenvalue weighted by atomic mass is 16.5. The van der Waals surface area contributed by atoms with Gasteiger partial charge in [0.2, 0.25) is 11.8 Å². The Hall–Kier alpha value is -3.01. The predicted octanol–water partition coefficient (Wildman–Crippen LogP) is 1.95. The lowest BCUT2D eigenvalue weighted by Crippen LogP contribution is -2.52. The number of carboxylic acid groups (broad SMARTS) is 1. The van der Waals surface area contributed by atoms with Gasteiger partial charge in [0.1, 0.15) is 24.2 Å². The van der Waals surface area contributed by atoms with Crippen LogP contribution in [0.5, 0.6) is 0 Å². The van der Waals surface area contributed by atoms with Crippen LogP contribution < -0.4 is 16.4 Å². The monoisotopic (exact) mass is 492 g/mol. The average molecular weight is 493 g/mol. The highest BCUT2D eigenvalue weighted by Crippen LogP contribution is 2.15. The lowest BCUT2D eigenvalue weighted by Gasteiger charge is -2.24. The third-order valence-corrected chi connectivity index (χ3v) is 5.92. The van der Waals surface area contributed by atoms with Crippen LogP contribution in [0.1, 0.15) is 71.8 Å². The number of pyridine rings is 1. The summed E-state index contributed by atoms with van der Waals surface area (Å²) in [5.41, 5.74) is 6.75. The van der Waals surface area contributed by atoms with Crippen molar-refractivity contribution in [3.05, 3.63) is 30.1 Å². The highest BCUT2D eigenvalue weighted by molar-refractivity contribution is 5.90. The van der Waals surface area contributed by atoms with Crippen LogP contribution >= 0.6 is 0 Å². The number of unbranched alkanes of at least 4 members (excludes halogenated alkanes) is 2. The van der Waals surface area contributed by atoms with Crippen molar-refractivity contribution >= 4 is 23.8 Å². The first kappa shape index (κ1) is 30.0. The van der Waals surface area contributed by atoms with E-state index in [0.717, 1.165) is 31.2 Å². The Morgan fingerprint density at radius 1 is 1.09 bits per heavy atom. The molecule has 1 aromatic rings. The van der Waals surface area contributed by atoms with Crippen molar-refractivity contribution in [3.63, 3.8) is 0 Å². The fourth-order valence-electron chi connectivity index (χ4n) is 3.35. The third-order valence-electron chi connectivity index (χ3n) is 5.92. The molecule has 0 unspecified atom stereocenters. The van der Waals surface area contributed by atoms with Crippen LogP contribution in [0.25, 0.3) is 0 Å². The average Bonchev–Trinajstić information content (AvgIpc) is 2.83. The van der Waals surface area contributed by atoms with Gasteiger partial charge in [-0.25, -0.2) is 0 Å². The van der Waals surface area contributed by atoms with E-state index in [0.29, 0.717) is 6.42 Å². The zero-order valence-corrected chi connectivity index (χ0v) is 21.2. The van der Waals surface area contributed by atoms with Crippen molar-refractivity contribution in [1.82, 2.24) is 15.6 Å². The lowest BCUT2D eigenvalue weighted by molar-refractivity contribution is -0.153. The topological polar surface area (TPSA) is 161 Å². The summed E-state index contributed by atoms with van der Waals surface area (Å²) in [6.07, 6.45) is 6.36. The molecule has 5 N–H and O–H groups in total. The molecule has 0 saturated heterocycles. The first-order valence-electron chi connectivity index (χ1n) is 12.3. The van der Waals surface area contributed by atoms with E-state index < -0.39 is 48.0 Å². The number of nitrogens with zero attached hydrogens (tertiary/aromatic N) is 1. The maximum atomic E-state index is 12.9. The van der Waals surface area contributed by atoms with Crippen molar-refractivity contribution in [2.24, 2.45) is 11.7 Å². The van der Waals surface area contributed by atoms with Gasteiger partial charge in [-0.3, -0.25) is 24.2 Å². The predicted molar refractivity (Wildman–Crippen MR) is 131 cm³/mol. The number of aromatic nitrogens is 1. The number of aliphatic carboxylic acids is 1. The van der Waals surface area contributed by atoms with Crippen LogP contribution in [-0.2, 0) is 30.3 Å². The van der Waals surface area contributed by atoms with Gasteiger partial charge in [-0.1, -0.05) is 40.0 Å². The minimum absolute atomic E-state index is 0.0581. The van der Waals surface area contributed by atoms with Crippen LogP contribution in [0, 0.1) is 5.92 Å². The summed E-state index contributed by atoms with van der Waals surface area (Å²) in [5.74, 6) is -2.89. The first-order valence-corrected chi connectivity index (χ1v) is 12.3. The molecule has 0 fully saturated rings. The summed E-state index contributed by atoms with van der Waals surface area (Å²) in [5, 5.41) is 14.2. The van der Waals surface area contributed by atoms with Crippen LogP contribution in [0.3, 0.4) is 0 Å². The van der Waals surface area contributed by atoms with E-state index in [9.17, 15) is 19.2 Å². The zero-order valence-electron chi connectivity index (χ0n) is 21.2. The van der Waals surface area contributed by atoms with Gasteiger partial charge in [0.15, 0.2) is 0 Å². The number of carboxylic acids is 1. The van der Waals surface area contributed by atoms with E-state index in [4.69, 9.17) is 15.6 Å². The Morgan fingerprint density at radius 2 is 1.74 bits per heavy atom. The Balaban J connectivity index is 2.93. The van der Waals surface area contributed by atoms with Gasteiger partial charge in [-0.15, -0.1) is 0 Å². The fourth-order valence-corrected chi connectivity index (χ4v) is 3.35. The highest BCUT2D eigenvalue weighted by Gasteiger charge is 2.28. The normalized spacial score (nSPS) is 15.2. The van der Waals surface area contributed by atoms with Gasteiger partial charge >= 0.3 is 11.9 Å². The molecule has 1 aromatic heterocycles. The standard InChI is InChI=1S/C25H40N4O6/c1-5-7-8-9-19(35-25(34)22(26)16(3)6-2)15-21(30)29-20(14-18-10-12-27-13-11-18)23(31)28-17(4)24(32)33/h10-13,16-17,19-20,22H,5-9,14-15,26H2,1-4H3,(H,28,31)(H,29,30)(H,32,33)/t16-,17-,19+,20-,22+/m0/s1. The number of nitrogens with one attached hydrogen (secondary N) is 2. The minimum Gasteiger partial charge on any atom is -0.480 e. The molecule has 0 saturated carbocycles. The van der Waals surface area contributed by atoms with Gasteiger partial charge in [0.25, 0.3) is 0 Å². The molecule has 10 nitrogen and oxygen atoms in total. The fraction of sp³-hybridized carbons (Fsp3) is 0.640. The number of nitrogens with two attached hydrogens (primary N) is 1. The minimum atomic E-state index is -1.19. The van der Waals surface area contributed by atoms with Crippen LogP contribution in [0.4, 0.5) is 0 Å². The van der Waals surface area contributed by atoms with Crippen LogP contribution in [0.2, 0.25) is 0 Å². The summed E-state index contributed by atoms with van der Waals surface area (Å²) in [6, 6.07) is 0.502. The van der Waals surface area contributed by atoms with Gasteiger partial charge in [-0.2, -0.15) is 0 Å². The second-order valence-corrected chi connectivity index (χ2v) is 8.92. The molecule has 0 aliphatic carbocycles. The SMILES string of the molecule is CCCCC[C@H](CC(=O)N[C@@H](Cc1ccncc1)C(=O)N[C@@H](C)C(=O)O)OC(=O)[C@H](N)[C@@H](C)CC. The molecule has 5 atom stereocenters. The Kier molecular flexibility index (Phi) is 13.6. The van der Waals surface area contributed by atoms with E-state index in [-0.39, 0.29) is 18.8 Å². The number of hydrogen-bond donors (Lipinski definition) is 4. The van der Waals surface area contributed by atoms with E-state index in [2.05, 4.69) is 15.6 Å². The van der Waals surface area contributed by atoms with E-state index >= 15 is 0 Å². The van der Waals surface area contributed by atoms with Crippen molar-refractivity contribution in [2.75, 3.05) is 0 Å². The van der Waals surface area contributed by atoms with Crippen LogP contribution in [0.15, 0.2) is 24.5 Å². The Bertz CT molecular complexity index is 819. The van der Waals surface area contributed by atoms with Gasteiger partial charge in [-0.05, 0) is 43.4 Å². The summed E-state index contributed by atoms with van der Waals surface area (Å²) in [6.45, 7) is 7.19. The molecular formula is C25H40N4O6. The number of carbonyl (C=O) groups is 4. The Labute approximate surface area is 207 Å². The van der Waals surface area contributed by atoms with Gasteiger partial charge < -0.3 is 26.2 Å². The second-order valence-electron chi connectivity index (χ2n) is 8.92. The second kappa shape index (κ2) is 15.8. The Morgan fingerprint density at radius 3 is 2.31 bits per heavy atom. The molecule has 0 radical (unpaired) electrons. The smallest absolute Gasteiger partial charge is 0.325 e. The molecular weight excluding hydrogens is 452 g/mol. The summed E-state index contributed by atoms with van der Waals surface area (Å²) < 4.78 is 5.60. The molecule has 0 spiro atoms. The molecule has 0 aromatic carbocycles. The number of rotatable bonds is 16. The quantitative estimate of drug-likeness (QED) is 0.201. The molecule has 0 aliphatic rings.